The molecule has 1 heterocycles. The van der Waals surface area contributed by atoms with Crippen LogP contribution in [0.2, 0.25) is 0 Å². The Bertz CT molecular complexity index is 417. The Hall–Kier alpha value is -0.970. The number of aromatic nitrogens is 2. The predicted octanol–water partition coefficient (Wildman–Crippen LogP) is 2.55. The smallest absolute Gasteiger partial charge is 0.248 e. The van der Waals surface area contributed by atoms with E-state index in [0.29, 0.717) is 12.8 Å². The van der Waals surface area contributed by atoms with Gasteiger partial charge in [-0.25, -0.2) is 8.78 Å². The summed E-state index contributed by atoms with van der Waals surface area (Å²) >= 11 is 0. The number of halogens is 2. The third kappa shape index (κ3) is 2.88. The first-order chi connectivity index (χ1) is 8.41. The Kier molecular flexibility index (Phi) is 3.71. The van der Waals surface area contributed by atoms with Gasteiger partial charge in [0, 0.05) is 31.5 Å². The summed E-state index contributed by atoms with van der Waals surface area (Å²) in [6.45, 7) is 4.61. The minimum atomic E-state index is -2.59. The van der Waals surface area contributed by atoms with Crippen LogP contribution in [0.3, 0.4) is 0 Å². The molecule has 102 valence electrons. The van der Waals surface area contributed by atoms with Gasteiger partial charge in [0.15, 0.2) is 0 Å². The molecule has 1 aliphatic rings. The van der Waals surface area contributed by atoms with Gasteiger partial charge in [-0.05, 0) is 32.3 Å². The van der Waals surface area contributed by atoms with Gasteiger partial charge in [0.25, 0.3) is 0 Å². The van der Waals surface area contributed by atoms with Crippen molar-refractivity contribution in [3.8, 4) is 0 Å². The molecule has 5 heteroatoms. The third-order valence-corrected chi connectivity index (χ3v) is 3.69. The van der Waals surface area contributed by atoms with E-state index in [2.05, 4.69) is 5.10 Å². The van der Waals surface area contributed by atoms with Crippen LogP contribution in [-0.2, 0) is 13.0 Å². The van der Waals surface area contributed by atoms with Gasteiger partial charge in [-0.3, -0.25) is 4.68 Å². The van der Waals surface area contributed by atoms with Crippen molar-refractivity contribution < 1.29 is 13.9 Å². The standard InChI is InChI=1S/C13H20F2N2O/c1-3-17-11(6-9(2)16-17)7-12(18)10-4-5-13(14,15)8-10/h6,10,12,18H,3-5,7-8H2,1-2H3. The van der Waals surface area contributed by atoms with E-state index in [-0.39, 0.29) is 18.8 Å². The van der Waals surface area contributed by atoms with Crippen LogP contribution in [-0.4, -0.2) is 26.9 Å². The molecule has 1 fully saturated rings. The Balaban J connectivity index is 2.01. The van der Waals surface area contributed by atoms with E-state index in [1.165, 1.54) is 0 Å². The molecule has 2 rings (SSSR count). The molecule has 0 aliphatic heterocycles. The first-order valence-corrected chi connectivity index (χ1v) is 6.50. The highest BCUT2D eigenvalue weighted by Gasteiger charge is 2.42. The maximum Gasteiger partial charge on any atom is 0.248 e. The molecule has 2 unspecified atom stereocenters. The number of rotatable bonds is 4. The molecule has 0 radical (unpaired) electrons. The Morgan fingerprint density at radius 3 is 2.89 bits per heavy atom. The van der Waals surface area contributed by atoms with Gasteiger partial charge >= 0.3 is 0 Å². The molecule has 0 aromatic carbocycles. The van der Waals surface area contributed by atoms with Crippen LogP contribution in [0.25, 0.3) is 0 Å². The number of aliphatic hydroxyl groups is 1. The largest absolute Gasteiger partial charge is 0.392 e. The second-order valence-electron chi connectivity index (χ2n) is 5.22. The number of alkyl halides is 2. The van der Waals surface area contributed by atoms with E-state index in [4.69, 9.17) is 0 Å². The van der Waals surface area contributed by atoms with Gasteiger partial charge in [0.2, 0.25) is 5.92 Å². The lowest BCUT2D eigenvalue weighted by Crippen LogP contribution is -2.24. The van der Waals surface area contributed by atoms with Gasteiger partial charge in [0.1, 0.15) is 0 Å². The average Bonchev–Trinajstić information content (AvgIpc) is 2.81. The van der Waals surface area contributed by atoms with Crippen molar-refractivity contribution in [2.45, 2.75) is 58.1 Å². The summed E-state index contributed by atoms with van der Waals surface area (Å²) in [6.07, 6.45) is -0.156. The summed E-state index contributed by atoms with van der Waals surface area (Å²) < 4.78 is 28.1. The van der Waals surface area contributed by atoms with E-state index in [1.807, 2.05) is 24.6 Å². The predicted molar refractivity (Wildman–Crippen MR) is 64.6 cm³/mol. The lowest BCUT2D eigenvalue weighted by atomic mass is 9.96. The molecule has 1 N–H and O–H groups in total. The quantitative estimate of drug-likeness (QED) is 0.901. The van der Waals surface area contributed by atoms with Crippen molar-refractivity contribution >= 4 is 0 Å². The molecule has 1 aromatic heterocycles. The molecular formula is C13H20F2N2O. The molecule has 0 spiro atoms. The van der Waals surface area contributed by atoms with Crippen LogP contribution in [0.1, 0.15) is 37.6 Å². The number of hydrogen-bond donors (Lipinski definition) is 1. The van der Waals surface area contributed by atoms with Crippen LogP contribution in [0, 0.1) is 12.8 Å². The maximum atomic E-state index is 13.1. The second-order valence-corrected chi connectivity index (χ2v) is 5.22. The molecule has 1 aromatic rings. The minimum Gasteiger partial charge on any atom is -0.392 e. The van der Waals surface area contributed by atoms with E-state index in [1.54, 1.807) is 0 Å². The van der Waals surface area contributed by atoms with Gasteiger partial charge in [-0.15, -0.1) is 0 Å². The van der Waals surface area contributed by atoms with Gasteiger partial charge < -0.3 is 5.11 Å². The minimum absolute atomic E-state index is 0.0964. The summed E-state index contributed by atoms with van der Waals surface area (Å²) in [5, 5.41) is 14.4. The van der Waals surface area contributed by atoms with E-state index >= 15 is 0 Å². The Morgan fingerprint density at radius 1 is 1.61 bits per heavy atom. The number of aliphatic hydroxyl groups excluding tert-OH is 1. The molecule has 0 bridgehead atoms. The number of nitrogens with zero attached hydrogens (tertiary/aromatic N) is 2. The van der Waals surface area contributed by atoms with Crippen LogP contribution < -0.4 is 0 Å². The summed E-state index contributed by atoms with van der Waals surface area (Å²) in [5.41, 5.74) is 1.83. The van der Waals surface area contributed by atoms with Crippen molar-refractivity contribution in [3.63, 3.8) is 0 Å². The van der Waals surface area contributed by atoms with Crippen molar-refractivity contribution in [1.82, 2.24) is 9.78 Å². The Labute approximate surface area is 106 Å². The molecular weight excluding hydrogens is 238 g/mol. The zero-order valence-corrected chi connectivity index (χ0v) is 10.9. The van der Waals surface area contributed by atoms with Crippen LogP contribution in [0.4, 0.5) is 8.78 Å². The normalized spacial score (nSPS) is 24.4. The van der Waals surface area contributed by atoms with Crippen LogP contribution in [0.15, 0.2) is 6.07 Å². The first-order valence-electron chi connectivity index (χ1n) is 6.50. The fraction of sp³-hybridized carbons (Fsp3) is 0.769. The average molecular weight is 258 g/mol. The highest BCUT2D eigenvalue weighted by atomic mass is 19.3. The van der Waals surface area contributed by atoms with Crippen molar-refractivity contribution in [2.75, 3.05) is 0 Å². The molecule has 0 saturated heterocycles. The molecule has 3 nitrogen and oxygen atoms in total. The topological polar surface area (TPSA) is 38.0 Å². The van der Waals surface area contributed by atoms with E-state index in [0.717, 1.165) is 17.9 Å². The second kappa shape index (κ2) is 4.96. The van der Waals surface area contributed by atoms with Crippen LogP contribution >= 0.6 is 0 Å². The molecule has 2 atom stereocenters. The van der Waals surface area contributed by atoms with Crippen LogP contribution in [0.5, 0.6) is 0 Å². The van der Waals surface area contributed by atoms with Crippen molar-refractivity contribution in [3.05, 3.63) is 17.5 Å². The summed E-state index contributed by atoms with van der Waals surface area (Å²) in [4.78, 5) is 0. The van der Waals surface area contributed by atoms with E-state index in [9.17, 15) is 13.9 Å². The van der Waals surface area contributed by atoms with Gasteiger partial charge in [0.05, 0.1) is 11.8 Å². The third-order valence-electron chi connectivity index (χ3n) is 3.69. The number of hydrogen-bond acceptors (Lipinski definition) is 2. The van der Waals surface area contributed by atoms with Crippen molar-refractivity contribution in [1.29, 1.82) is 0 Å². The zero-order chi connectivity index (χ0) is 13.3. The number of aryl methyl sites for hydroxylation is 2. The molecule has 18 heavy (non-hydrogen) atoms. The van der Waals surface area contributed by atoms with E-state index < -0.39 is 12.0 Å². The lowest BCUT2D eigenvalue weighted by molar-refractivity contribution is -0.00496. The zero-order valence-electron chi connectivity index (χ0n) is 10.9. The fourth-order valence-corrected chi connectivity index (χ4v) is 2.73. The van der Waals surface area contributed by atoms with Crippen molar-refractivity contribution in [2.24, 2.45) is 5.92 Å². The highest BCUT2D eigenvalue weighted by Crippen LogP contribution is 2.40. The molecule has 0 amide bonds. The first kappa shape index (κ1) is 13.5. The fourth-order valence-electron chi connectivity index (χ4n) is 2.73. The summed E-state index contributed by atoms with van der Waals surface area (Å²) in [7, 11) is 0. The Morgan fingerprint density at radius 2 is 2.33 bits per heavy atom. The van der Waals surface area contributed by atoms with Gasteiger partial charge in [-0.1, -0.05) is 0 Å². The molecule has 1 aliphatic carbocycles. The monoisotopic (exact) mass is 258 g/mol. The summed E-state index contributed by atoms with van der Waals surface area (Å²) in [6, 6.07) is 1.92. The highest BCUT2D eigenvalue weighted by molar-refractivity contribution is 5.10. The summed E-state index contributed by atoms with van der Waals surface area (Å²) in [5.74, 6) is -2.88. The SMILES string of the molecule is CCn1nc(C)cc1CC(O)C1CCC(F)(F)C1. The van der Waals surface area contributed by atoms with Gasteiger partial charge in [-0.2, -0.15) is 5.10 Å². The lowest BCUT2D eigenvalue weighted by Gasteiger charge is -2.18. The maximum absolute atomic E-state index is 13.1. The molecule has 1 saturated carbocycles.